The Morgan fingerprint density at radius 2 is 2.15 bits per heavy atom. The zero-order valence-corrected chi connectivity index (χ0v) is 16.6. The van der Waals surface area contributed by atoms with Crippen molar-refractivity contribution in [3.63, 3.8) is 0 Å². The number of carbonyl (C=O) groups is 1. The summed E-state index contributed by atoms with van der Waals surface area (Å²) in [6.45, 7) is 9.70. The maximum atomic E-state index is 12.9. The van der Waals surface area contributed by atoms with Crippen molar-refractivity contribution in [2.75, 3.05) is 31.6 Å². The van der Waals surface area contributed by atoms with Crippen molar-refractivity contribution in [2.24, 2.45) is 0 Å². The minimum Gasteiger partial charge on any atom is -0.364 e. The molecule has 0 aromatic carbocycles. The zero-order chi connectivity index (χ0) is 19.4. The minimum atomic E-state index is 0.0649. The van der Waals surface area contributed by atoms with Crippen LogP contribution in [0.3, 0.4) is 0 Å². The summed E-state index contributed by atoms with van der Waals surface area (Å²) in [7, 11) is 1.94. The number of nitrogens with zero attached hydrogens (tertiary/aromatic N) is 5. The Hall–Kier alpha value is -2.41. The van der Waals surface area contributed by atoms with E-state index in [1.54, 1.807) is 12.5 Å². The highest BCUT2D eigenvalue weighted by Gasteiger charge is 2.30. The maximum Gasteiger partial charge on any atom is 0.255 e. The molecule has 7 heteroatoms. The van der Waals surface area contributed by atoms with Crippen molar-refractivity contribution in [3.05, 3.63) is 41.9 Å². The van der Waals surface area contributed by atoms with Gasteiger partial charge in [-0.2, -0.15) is 0 Å². The predicted octanol–water partition coefficient (Wildman–Crippen LogP) is 2.65. The van der Waals surface area contributed by atoms with Gasteiger partial charge in [-0.3, -0.25) is 9.69 Å². The van der Waals surface area contributed by atoms with Gasteiger partial charge in [0.2, 0.25) is 0 Å². The fraction of sp³-hybridized carbons (Fsp3) is 0.550. The van der Waals surface area contributed by atoms with E-state index in [1.807, 2.05) is 35.0 Å². The summed E-state index contributed by atoms with van der Waals surface area (Å²) in [4.78, 5) is 23.8. The van der Waals surface area contributed by atoms with Gasteiger partial charge < -0.3 is 14.3 Å². The molecule has 0 bridgehead atoms. The average molecular weight is 371 g/mol. The molecule has 0 unspecified atom stereocenters. The first kappa shape index (κ1) is 19.4. The first-order valence-corrected chi connectivity index (χ1v) is 9.61. The summed E-state index contributed by atoms with van der Waals surface area (Å²) in [6.07, 6.45) is 4.28. The van der Waals surface area contributed by atoms with E-state index in [4.69, 9.17) is 4.52 Å². The molecule has 1 aliphatic rings. The summed E-state index contributed by atoms with van der Waals surface area (Å²) in [6, 6.07) is 6.50. The first-order chi connectivity index (χ1) is 13.0. The largest absolute Gasteiger partial charge is 0.364 e. The van der Waals surface area contributed by atoms with E-state index in [0.29, 0.717) is 24.2 Å². The Morgan fingerprint density at radius 1 is 1.33 bits per heavy atom. The lowest BCUT2D eigenvalue weighted by Gasteiger charge is -2.43. The third-order valence-corrected chi connectivity index (χ3v) is 5.23. The molecule has 0 N–H and O–H groups in total. The van der Waals surface area contributed by atoms with Crippen LogP contribution in [0, 0.1) is 0 Å². The van der Waals surface area contributed by atoms with Gasteiger partial charge in [0, 0.05) is 51.0 Å². The molecule has 0 aliphatic carbocycles. The zero-order valence-electron chi connectivity index (χ0n) is 16.6. The van der Waals surface area contributed by atoms with Crippen LogP contribution >= 0.6 is 0 Å². The molecule has 7 nitrogen and oxygen atoms in total. The van der Waals surface area contributed by atoms with Crippen molar-refractivity contribution in [1.82, 2.24) is 19.9 Å². The van der Waals surface area contributed by atoms with E-state index < -0.39 is 0 Å². The molecular weight excluding hydrogens is 342 g/mol. The standard InChI is InChI=1S/C20H29N5O2/c1-5-18-14-24(9-10-25(18)15(2)3)20(26)16-6-7-19(21-12-16)23(4)13-17-8-11-27-22-17/h6-8,11-12,15,18H,5,9-10,13-14H2,1-4H3/t18-/m1/s1. The van der Waals surface area contributed by atoms with Crippen LogP contribution in [0.25, 0.3) is 0 Å². The Labute approximate surface area is 160 Å². The minimum absolute atomic E-state index is 0.0649. The van der Waals surface area contributed by atoms with Crippen LogP contribution in [0.5, 0.6) is 0 Å². The number of hydrogen-bond acceptors (Lipinski definition) is 6. The van der Waals surface area contributed by atoms with E-state index in [0.717, 1.165) is 37.6 Å². The molecule has 3 rings (SSSR count). The van der Waals surface area contributed by atoms with Crippen LogP contribution in [-0.4, -0.2) is 64.6 Å². The Kier molecular flexibility index (Phi) is 6.11. The van der Waals surface area contributed by atoms with E-state index in [2.05, 4.69) is 35.8 Å². The average Bonchev–Trinajstić information content (AvgIpc) is 3.19. The van der Waals surface area contributed by atoms with Gasteiger partial charge in [-0.05, 0) is 32.4 Å². The van der Waals surface area contributed by atoms with Crippen LogP contribution in [0.1, 0.15) is 43.2 Å². The molecule has 1 saturated heterocycles. The normalized spacial score (nSPS) is 18.1. The second-order valence-corrected chi connectivity index (χ2v) is 7.40. The molecule has 1 aliphatic heterocycles. The third kappa shape index (κ3) is 4.47. The monoisotopic (exact) mass is 371 g/mol. The fourth-order valence-electron chi connectivity index (χ4n) is 3.66. The second kappa shape index (κ2) is 8.52. The van der Waals surface area contributed by atoms with Crippen molar-refractivity contribution in [1.29, 1.82) is 0 Å². The molecule has 0 spiro atoms. The number of hydrogen-bond donors (Lipinski definition) is 0. The summed E-state index contributed by atoms with van der Waals surface area (Å²) in [5, 5.41) is 3.91. The summed E-state index contributed by atoms with van der Waals surface area (Å²) < 4.78 is 4.86. The highest BCUT2D eigenvalue weighted by Crippen LogP contribution is 2.19. The number of piperazine rings is 1. The van der Waals surface area contributed by atoms with Gasteiger partial charge >= 0.3 is 0 Å². The number of carbonyl (C=O) groups excluding carboxylic acids is 1. The number of amides is 1. The summed E-state index contributed by atoms with van der Waals surface area (Å²) in [5.74, 6) is 0.862. The fourth-order valence-corrected chi connectivity index (χ4v) is 3.66. The number of aromatic nitrogens is 2. The van der Waals surface area contributed by atoms with Gasteiger partial charge in [0.25, 0.3) is 5.91 Å². The number of anilines is 1. The molecular formula is C20H29N5O2. The summed E-state index contributed by atoms with van der Waals surface area (Å²) in [5.41, 5.74) is 1.48. The van der Waals surface area contributed by atoms with Crippen molar-refractivity contribution in [2.45, 2.75) is 45.8 Å². The first-order valence-electron chi connectivity index (χ1n) is 9.61. The number of rotatable bonds is 6. The summed E-state index contributed by atoms with van der Waals surface area (Å²) >= 11 is 0. The van der Waals surface area contributed by atoms with Crippen LogP contribution in [0.15, 0.2) is 35.2 Å². The molecule has 146 valence electrons. The van der Waals surface area contributed by atoms with E-state index in [9.17, 15) is 4.79 Å². The molecule has 3 heterocycles. The van der Waals surface area contributed by atoms with Gasteiger partial charge in [-0.25, -0.2) is 4.98 Å². The van der Waals surface area contributed by atoms with Gasteiger partial charge in [0.05, 0.1) is 12.1 Å². The molecule has 0 radical (unpaired) electrons. The SMILES string of the molecule is CC[C@@H]1CN(C(=O)c2ccc(N(C)Cc3ccon3)nc2)CCN1C(C)C. The van der Waals surface area contributed by atoms with Crippen molar-refractivity contribution >= 4 is 11.7 Å². The van der Waals surface area contributed by atoms with Crippen LogP contribution in [0.2, 0.25) is 0 Å². The van der Waals surface area contributed by atoms with Crippen LogP contribution < -0.4 is 4.90 Å². The third-order valence-electron chi connectivity index (χ3n) is 5.23. The smallest absolute Gasteiger partial charge is 0.255 e. The Morgan fingerprint density at radius 3 is 2.74 bits per heavy atom. The van der Waals surface area contributed by atoms with Crippen molar-refractivity contribution in [3.8, 4) is 0 Å². The number of pyridine rings is 1. The van der Waals surface area contributed by atoms with E-state index >= 15 is 0 Å². The molecule has 1 amide bonds. The highest BCUT2D eigenvalue weighted by molar-refractivity contribution is 5.94. The quantitative estimate of drug-likeness (QED) is 0.778. The maximum absolute atomic E-state index is 12.9. The lowest BCUT2D eigenvalue weighted by molar-refractivity contribution is 0.0371. The van der Waals surface area contributed by atoms with E-state index in [1.165, 1.54) is 0 Å². The van der Waals surface area contributed by atoms with Gasteiger partial charge in [-0.15, -0.1) is 0 Å². The van der Waals surface area contributed by atoms with Gasteiger partial charge in [-0.1, -0.05) is 12.1 Å². The Balaban J connectivity index is 1.63. The highest BCUT2D eigenvalue weighted by atomic mass is 16.5. The molecule has 2 aromatic heterocycles. The lowest BCUT2D eigenvalue weighted by atomic mass is 10.1. The van der Waals surface area contributed by atoms with Crippen LogP contribution in [-0.2, 0) is 6.54 Å². The molecule has 27 heavy (non-hydrogen) atoms. The van der Waals surface area contributed by atoms with Crippen molar-refractivity contribution < 1.29 is 9.32 Å². The molecule has 0 saturated carbocycles. The van der Waals surface area contributed by atoms with Gasteiger partial charge in [0.15, 0.2) is 0 Å². The molecule has 1 fully saturated rings. The Bertz CT molecular complexity index is 729. The van der Waals surface area contributed by atoms with Crippen LogP contribution in [0.4, 0.5) is 5.82 Å². The molecule has 2 aromatic rings. The van der Waals surface area contributed by atoms with Gasteiger partial charge in [0.1, 0.15) is 17.8 Å². The topological polar surface area (TPSA) is 65.7 Å². The second-order valence-electron chi connectivity index (χ2n) is 7.40. The van der Waals surface area contributed by atoms with E-state index in [-0.39, 0.29) is 5.91 Å². The lowest BCUT2D eigenvalue weighted by Crippen LogP contribution is -2.56. The predicted molar refractivity (Wildman–Crippen MR) is 105 cm³/mol. The molecule has 1 atom stereocenters.